The van der Waals surface area contributed by atoms with Gasteiger partial charge in [-0.25, -0.2) is 4.57 Å². The smallest absolute Gasteiger partial charge is 0.200 e. The molecule has 2 aromatic carbocycles. The third-order valence-corrected chi connectivity index (χ3v) is 10.2. The van der Waals surface area contributed by atoms with Crippen LogP contribution in [0.4, 0.5) is 0 Å². The molecule has 0 aliphatic heterocycles. The van der Waals surface area contributed by atoms with Gasteiger partial charge in [0.2, 0.25) is 5.69 Å². The van der Waals surface area contributed by atoms with Crippen molar-refractivity contribution in [2.75, 3.05) is 0 Å². The Morgan fingerprint density at radius 1 is 0.848 bits per heavy atom. The van der Waals surface area contributed by atoms with Gasteiger partial charge in [0.25, 0.3) is 0 Å². The summed E-state index contributed by atoms with van der Waals surface area (Å²) >= 11 is 0. The van der Waals surface area contributed by atoms with Gasteiger partial charge in [0.15, 0.2) is 6.20 Å². The molecule has 4 rings (SSSR count). The van der Waals surface area contributed by atoms with Crippen LogP contribution >= 0.6 is 0 Å². The number of aromatic nitrogens is 1. The summed E-state index contributed by atoms with van der Waals surface area (Å²) in [5.74, 6) is 0. The lowest BCUT2D eigenvalue weighted by Crippen LogP contribution is -2.42. The minimum Gasteiger partial charge on any atom is -0.200 e. The van der Waals surface area contributed by atoms with Crippen LogP contribution in [0.25, 0.3) is 22.0 Å². The van der Waals surface area contributed by atoms with Crippen LogP contribution in [-0.2, 0) is 23.3 Å². The topological polar surface area (TPSA) is 3.88 Å². The molecule has 0 amide bonds. The van der Waals surface area contributed by atoms with Crippen molar-refractivity contribution < 1.29 is 4.57 Å². The third kappa shape index (κ3) is 3.22. The summed E-state index contributed by atoms with van der Waals surface area (Å²) in [5.41, 5.74) is 7.89. The average molecular weight is 443 g/mol. The fourth-order valence-corrected chi connectivity index (χ4v) is 6.49. The number of hydrogen-bond acceptors (Lipinski definition) is 0. The van der Waals surface area contributed by atoms with Crippen LogP contribution in [0.2, 0.25) is 0 Å². The highest BCUT2D eigenvalue weighted by atomic mass is 14.9. The molecule has 1 heteroatoms. The summed E-state index contributed by atoms with van der Waals surface area (Å²) in [6, 6.07) is 16.3. The summed E-state index contributed by atoms with van der Waals surface area (Å²) in [4.78, 5) is 0. The van der Waals surface area contributed by atoms with Crippen molar-refractivity contribution in [2.24, 2.45) is 12.5 Å². The Labute approximate surface area is 202 Å². The zero-order valence-corrected chi connectivity index (χ0v) is 22.7. The Kier molecular flexibility index (Phi) is 5.59. The second kappa shape index (κ2) is 7.69. The molecule has 1 aliphatic carbocycles. The standard InChI is InChI=1S/C32H44N/c1-11-18-32(9,12-2)25-21-27-26(29(3,4)31(7,8)30(27,5)6)20-24(25)28-23-16-14-13-15-22(23)17-19-33(28)10/h13-17,19-21H,11-12,18H2,1-10H3/q+1. The summed E-state index contributed by atoms with van der Waals surface area (Å²) < 4.78 is 2.34. The highest BCUT2D eigenvalue weighted by Gasteiger charge is 2.57. The molecule has 1 unspecified atom stereocenters. The predicted octanol–water partition coefficient (Wildman–Crippen LogP) is 8.39. The van der Waals surface area contributed by atoms with E-state index < -0.39 is 0 Å². The van der Waals surface area contributed by atoms with E-state index in [0.29, 0.717) is 0 Å². The van der Waals surface area contributed by atoms with Crippen LogP contribution in [0, 0.1) is 5.41 Å². The molecule has 0 saturated carbocycles. The van der Waals surface area contributed by atoms with Crippen LogP contribution in [0.1, 0.15) is 98.3 Å². The summed E-state index contributed by atoms with van der Waals surface area (Å²) in [7, 11) is 2.21. The monoisotopic (exact) mass is 442 g/mol. The highest BCUT2D eigenvalue weighted by molar-refractivity contribution is 5.94. The quantitative estimate of drug-likeness (QED) is 0.349. The molecule has 0 saturated heterocycles. The molecule has 0 N–H and O–H groups in total. The van der Waals surface area contributed by atoms with Crippen molar-refractivity contribution in [3.63, 3.8) is 0 Å². The number of benzene rings is 2. The second-order valence-corrected chi connectivity index (χ2v) is 12.3. The van der Waals surface area contributed by atoms with E-state index in [1.807, 2.05) is 0 Å². The summed E-state index contributed by atoms with van der Waals surface area (Å²) in [6.45, 7) is 22.0. The van der Waals surface area contributed by atoms with Gasteiger partial charge in [0.05, 0.1) is 10.9 Å². The zero-order chi connectivity index (χ0) is 24.4. The van der Waals surface area contributed by atoms with Gasteiger partial charge in [0, 0.05) is 6.07 Å². The number of fused-ring (bicyclic) bond motifs is 2. The Morgan fingerprint density at radius 2 is 1.45 bits per heavy atom. The molecule has 3 aromatic rings. The lowest BCUT2D eigenvalue weighted by atomic mass is 9.59. The minimum absolute atomic E-state index is 0.0929. The van der Waals surface area contributed by atoms with Gasteiger partial charge >= 0.3 is 0 Å². The number of aryl methyl sites for hydroxylation is 1. The van der Waals surface area contributed by atoms with E-state index >= 15 is 0 Å². The predicted molar refractivity (Wildman–Crippen MR) is 143 cm³/mol. The van der Waals surface area contributed by atoms with E-state index in [4.69, 9.17) is 0 Å². The van der Waals surface area contributed by atoms with E-state index in [2.05, 4.69) is 123 Å². The SMILES string of the molecule is CCCC(C)(CC)c1cc2c(cc1-c1c3ccccc3cc[n+]1C)C(C)(C)C(C)(C)C2(C)C. The van der Waals surface area contributed by atoms with E-state index in [1.54, 1.807) is 5.56 Å². The van der Waals surface area contributed by atoms with Crippen molar-refractivity contribution >= 4 is 10.8 Å². The van der Waals surface area contributed by atoms with Crippen molar-refractivity contribution in [3.05, 3.63) is 65.4 Å². The second-order valence-electron chi connectivity index (χ2n) is 12.3. The first-order valence-corrected chi connectivity index (χ1v) is 12.9. The molecule has 1 nitrogen and oxygen atoms in total. The Bertz CT molecular complexity index is 1210. The molecule has 1 aromatic heterocycles. The molecule has 1 aliphatic rings. The van der Waals surface area contributed by atoms with Gasteiger partial charge in [-0.15, -0.1) is 0 Å². The normalized spacial score (nSPS) is 19.9. The maximum Gasteiger partial charge on any atom is 0.220 e. The van der Waals surface area contributed by atoms with Crippen LogP contribution in [0.5, 0.6) is 0 Å². The van der Waals surface area contributed by atoms with E-state index in [-0.39, 0.29) is 21.7 Å². The maximum absolute atomic E-state index is 2.63. The van der Waals surface area contributed by atoms with Gasteiger partial charge in [-0.3, -0.25) is 0 Å². The zero-order valence-electron chi connectivity index (χ0n) is 22.7. The lowest BCUT2D eigenvalue weighted by Gasteiger charge is -2.44. The van der Waals surface area contributed by atoms with Crippen LogP contribution < -0.4 is 4.57 Å². The van der Waals surface area contributed by atoms with Gasteiger partial charge in [-0.1, -0.05) is 93.0 Å². The first-order chi connectivity index (χ1) is 15.3. The molecular weight excluding hydrogens is 398 g/mol. The molecule has 1 heterocycles. The van der Waals surface area contributed by atoms with Crippen molar-refractivity contribution in [1.82, 2.24) is 0 Å². The molecule has 0 radical (unpaired) electrons. The van der Waals surface area contributed by atoms with E-state index in [9.17, 15) is 0 Å². The fourth-order valence-electron chi connectivity index (χ4n) is 6.49. The van der Waals surface area contributed by atoms with Crippen molar-refractivity contribution in [3.8, 4) is 11.3 Å². The van der Waals surface area contributed by atoms with Crippen LogP contribution in [-0.4, -0.2) is 0 Å². The summed E-state index contributed by atoms with van der Waals surface area (Å²) in [6.07, 6.45) is 5.78. The third-order valence-electron chi connectivity index (χ3n) is 10.2. The van der Waals surface area contributed by atoms with Crippen LogP contribution in [0.15, 0.2) is 48.7 Å². The van der Waals surface area contributed by atoms with Gasteiger partial charge in [0.1, 0.15) is 7.05 Å². The largest absolute Gasteiger partial charge is 0.220 e. The van der Waals surface area contributed by atoms with Gasteiger partial charge in [-0.05, 0) is 68.7 Å². The average Bonchev–Trinajstić information content (AvgIpc) is 2.87. The molecule has 0 fully saturated rings. The first kappa shape index (κ1) is 24.0. The molecule has 176 valence electrons. The van der Waals surface area contributed by atoms with E-state index in [0.717, 1.165) is 6.42 Å². The molecule has 33 heavy (non-hydrogen) atoms. The fraction of sp³-hybridized carbons (Fsp3) is 0.531. The minimum atomic E-state index is 0.0929. The Hall–Kier alpha value is -2.15. The lowest BCUT2D eigenvalue weighted by molar-refractivity contribution is -0.659. The van der Waals surface area contributed by atoms with E-state index in [1.165, 1.54) is 46.0 Å². The molecule has 1 atom stereocenters. The molecular formula is C32H44N+. The Balaban J connectivity index is 2.17. The van der Waals surface area contributed by atoms with Gasteiger partial charge in [-0.2, -0.15) is 0 Å². The van der Waals surface area contributed by atoms with Crippen LogP contribution in [0.3, 0.4) is 0 Å². The Morgan fingerprint density at radius 3 is 2.06 bits per heavy atom. The van der Waals surface area contributed by atoms with Gasteiger partial charge < -0.3 is 0 Å². The summed E-state index contributed by atoms with van der Waals surface area (Å²) in [5, 5.41) is 2.65. The first-order valence-electron chi connectivity index (χ1n) is 12.9. The highest BCUT2D eigenvalue weighted by Crippen LogP contribution is 2.62. The molecule has 0 bridgehead atoms. The van der Waals surface area contributed by atoms with Crippen molar-refractivity contribution in [2.45, 2.75) is 97.8 Å². The molecule has 0 spiro atoms. The number of nitrogens with zero attached hydrogens (tertiary/aromatic N) is 1. The number of hydrogen-bond donors (Lipinski definition) is 0. The number of rotatable bonds is 5. The van der Waals surface area contributed by atoms with Crippen molar-refractivity contribution in [1.29, 1.82) is 0 Å². The number of pyridine rings is 1. The maximum atomic E-state index is 2.63.